The lowest BCUT2D eigenvalue weighted by atomic mass is 10.1. The number of hydrogen-bond acceptors (Lipinski definition) is 5. The van der Waals surface area contributed by atoms with E-state index < -0.39 is 0 Å². The number of rotatable bonds is 2. The highest BCUT2D eigenvalue weighted by atomic mass is 32.2. The minimum atomic E-state index is 0.897. The Morgan fingerprint density at radius 3 is 2.64 bits per heavy atom. The summed E-state index contributed by atoms with van der Waals surface area (Å²) < 4.78 is 0. The topological polar surface area (TPSA) is 41.9 Å². The SMILES string of the molecule is c1cc(-c2ccc(N3CCSCC3)nn2)c2cccnc2c1. The van der Waals surface area contributed by atoms with Crippen LogP contribution >= 0.6 is 11.8 Å². The van der Waals surface area contributed by atoms with Crippen LogP contribution in [-0.4, -0.2) is 39.8 Å². The van der Waals surface area contributed by atoms with Crippen molar-refractivity contribution in [1.29, 1.82) is 0 Å². The molecule has 0 atom stereocenters. The first kappa shape index (κ1) is 13.5. The summed E-state index contributed by atoms with van der Waals surface area (Å²) in [5.41, 5.74) is 2.96. The molecule has 0 unspecified atom stereocenters. The van der Waals surface area contributed by atoms with Gasteiger partial charge < -0.3 is 4.90 Å². The molecule has 0 bridgehead atoms. The molecule has 1 fully saturated rings. The highest BCUT2D eigenvalue weighted by Gasteiger charge is 2.13. The Bertz CT molecular complexity index is 777. The summed E-state index contributed by atoms with van der Waals surface area (Å²) in [6.45, 7) is 2.10. The van der Waals surface area contributed by atoms with E-state index in [2.05, 4.69) is 44.3 Å². The molecule has 0 spiro atoms. The van der Waals surface area contributed by atoms with E-state index in [1.807, 2.05) is 36.2 Å². The second-order valence-electron chi connectivity index (χ2n) is 5.25. The average Bonchev–Trinajstić information content (AvgIpc) is 2.62. The average molecular weight is 308 g/mol. The number of hydrogen-bond donors (Lipinski definition) is 0. The molecule has 3 aromatic rings. The molecule has 2 aromatic heterocycles. The van der Waals surface area contributed by atoms with Crippen molar-refractivity contribution >= 4 is 28.5 Å². The maximum Gasteiger partial charge on any atom is 0.151 e. The molecule has 1 aliphatic heterocycles. The molecule has 4 nitrogen and oxygen atoms in total. The minimum absolute atomic E-state index is 0.897. The first-order valence-corrected chi connectivity index (χ1v) is 8.58. The zero-order valence-electron chi connectivity index (χ0n) is 12.1. The van der Waals surface area contributed by atoms with Crippen LogP contribution in [0.15, 0.2) is 48.7 Å². The third-order valence-electron chi connectivity index (χ3n) is 3.91. The van der Waals surface area contributed by atoms with Crippen molar-refractivity contribution in [2.45, 2.75) is 0 Å². The van der Waals surface area contributed by atoms with Gasteiger partial charge in [-0.3, -0.25) is 4.98 Å². The number of nitrogens with zero attached hydrogens (tertiary/aromatic N) is 4. The fourth-order valence-corrected chi connectivity index (χ4v) is 3.66. The van der Waals surface area contributed by atoms with Gasteiger partial charge in [0, 0.05) is 41.7 Å². The van der Waals surface area contributed by atoms with Crippen LogP contribution in [0.25, 0.3) is 22.2 Å². The van der Waals surface area contributed by atoms with Gasteiger partial charge in [0.2, 0.25) is 0 Å². The van der Waals surface area contributed by atoms with Gasteiger partial charge in [-0.2, -0.15) is 11.8 Å². The molecule has 1 aliphatic rings. The molecule has 0 N–H and O–H groups in total. The molecular weight excluding hydrogens is 292 g/mol. The largest absolute Gasteiger partial charge is 0.353 e. The van der Waals surface area contributed by atoms with E-state index >= 15 is 0 Å². The Morgan fingerprint density at radius 2 is 1.82 bits per heavy atom. The summed E-state index contributed by atoms with van der Waals surface area (Å²) in [7, 11) is 0. The first-order chi connectivity index (χ1) is 10.9. The predicted octanol–water partition coefficient (Wildman–Crippen LogP) is 3.25. The Morgan fingerprint density at radius 1 is 0.909 bits per heavy atom. The number of thioether (sulfide) groups is 1. The smallest absolute Gasteiger partial charge is 0.151 e. The maximum absolute atomic E-state index is 4.45. The highest BCUT2D eigenvalue weighted by molar-refractivity contribution is 7.99. The summed E-state index contributed by atoms with van der Waals surface area (Å²) in [5.74, 6) is 3.30. The van der Waals surface area contributed by atoms with Gasteiger partial charge in [0.1, 0.15) is 0 Å². The molecule has 0 saturated carbocycles. The van der Waals surface area contributed by atoms with Crippen molar-refractivity contribution in [2.24, 2.45) is 0 Å². The van der Waals surface area contributed by atoms with Crippen molar-refractivity contribution in [3.8, 4) is 11.3 Å². The Kier molecular flexibility index (Phi) is 3.64. The van der Waals surface area contributed by atoms with Crippen LogP contribution in [0.3, 0.4) is 0 Å². The highest BCUT2D eigenvalue weighted by Crippen LogP contribution is 2.26. The van der Waals surface area contributed by atoms with Crippen molar-refractivity contribution in [3.05, 3.63) is 48.7 Å². The van der Waals surface area contributed by atoms with Gasteiger partial charge in [0.05, 0.1) is 11.2 Å². The molecular formula is C17H16N4S. The molecule has 0 amide bonds. The van der Waals surface area contributed by atoms with Crippen LogP contribution in [-0.2, 0) is 0 Å². The fourth-order valence-electron chi connectivity index (χ4n) is 2.76. The number of aromatic nitrogens is 3. The molecule has 110 valence electrons. The Balaban J connectivity index is 1.70. The van der Waals surface area contributed by atoms with E-state index in [4.69, 9.17) is 0 Å². The van der Waals surface area contributed by atoms with Gasteiger partial charge >= 0.3 is 0 Å². The summed E-state index contributed by atoms with van der Waals surface area (Å²) in [6, 6.07) is 14.3. The van der Waals surface area contributed by atoms with Gasteiger partial charge in [-0.1, -0.05) is 18.2 Å². The lowest BCUT2D eigenvalue weighted by Crippen LogP contribution is -2.33. The van der Waals surface area contributed by atoms with Crippen LogP contribution < -0.4 is 4.90 Å². The number of anilines is 1. The Hall–Kier alpha value is -2.14. The molecule has 22 heavy (non-hydrogen) atoms. The third kappa shape index (κ3) is 2.52. The maximum atomic E-state index is 4.45. The lowest BCUT2D eigenvalue weighted by molar-refractivity contribution is 0.820. The van der Waals surface area contributed by atoms with Crippen molar-refractivity contribution < 1.29 is 0 Å². The van der Waals surface area contributed by atoms with E-state index in [0.717, 1.165) is 41.1 Å². The fraction of sp³-hybridized carbons (Fsp3) is 0.235. The zero-order chi connectivity index (χ0) is 14.8. The van der Waals surface area contributed by atoms with Crippen LogP contribution in [0.1, 0.15) is 0 Å². The monoisotopic (exact) mass is 308 g/mol. The van der Waals surface area contributed by atoms with E-state index in [0.29, 0.717) is 0 Å². The second-order valence-corrected chi connectivity index (χ2v) is 6.48. The van der Waals surface area contributed by atoms with Crippen LogP contribution in [0, 0.1) is 0 Å². The first-order valence-electron chi connectivity index (χ1n) is 7.42. The number of benzene rings is 1. The predicted molar refractivity (Wildman–Crippen MR) is 92.3 cm³/mol. The summed E-state index contributed by atoms with van der Waals surface area (Å²) >= 11 is 2.00. The molecule has 1 saturated heterocycles. The van der Waals surface area contributed by atoms with Gasteiger partial charge in [0.15, 0.2) is 5.82 Å². The summed E-state index contributed by atoms with van der Waals surface area (Å²) in [6.07, 6.45) is 1.81. The minimum Gasteiger partial charge on any atom is -0.353 e. The van der Waals surface area contributed by atoms with Crippen molar-refractivity contribution in [1.82, 2.24) is 15.2 Å². The molecule has 0 aliphatic carbocycles. The van der Waals surface area contributed by atoms with Crippen LogP contribution in [0.4, 0.5) is 5.82 Å². The summed E-state index contributed by atoms with van der Waals surface area (Å²) in [4.78, 5) is 6.70. The number of pyridine rings is 1. The van der Waals surface area contributed by atoms with E-state index in [-0.39, 0.29) is 0 Å². The van der Waals surface area contributed by atoms with Gasteiger partial charge in [-0.25, -0.2) is 0 Å². The summed E-state index contributed by atoms with van der Waals surface area (Å²) in [5, 5.41) is 9.99. The Labute approximate surface area is 133 Å². The number of fused-ring (bicyclic) bond motifs is 1. The van der Waals surface area contributed by atoms with E-state index in [1.54, 1.807) is 0 Å². The lowest BCUT2D eigenvalue weighted by Gasteiger charge is -2.26. The van der Waals surface area contributed by atoms with Crippen molar-refractivity contribution in [2.75, 3.05) is 29.5 Å². The van der Waals surface area contributed by atoms with E-state index in [9.17, 15) is 0 Å². The molecule has 5 heteroatoms. The van der Waals surface area contributed by atoms with Gasteiger partial charge in [0.25, 0.3) is 0 Å². The third-order valence-corrected chi connectivity index (χ3v) is 4.85. The second kappa shape index (κ2) is 5.93. The van der Waals surface area contributed by atoms with Crippen LogP contribution in [0.2, 0.25) is 0 Å². The molecule has 4 rings (SSSR count). The van der Waals surface area contributed by atoms with Gasteiger partial charge in [-0.15, -0.1) is 10.2 Å². The molecule has 0 radical (unpaired) electrons. The zero-order valence-corrected chi connectivity index (χ0v) is 13.0. The van der Waals surface area contributed by atoms with Crippen LogP contribution in [0.5, 0.6) is 0 Å². The van der Waals surface area contributed by atoms with Gasteiger partial charge in [-0.05, 0) is 24.3 Å². The molecule has 3 heterocycles. The molecule has 1 aromatic carbocycles. The quantitative estimate of drug-likeness (QED) is 0.727. The van der Waals surface area contributed by atoms with Crippen molar-refractivity contribution in [3.63, 3.8) is 0 Å². The normalized spacial score (nSPS) is 15.2. The van der Waals surface area contributed by atoms with E-state index in [1.165, 1.54) is 11.5 Å². The standard InChI is InChI=1S/C17H16N4S/c1-3-14(13-4-2-8-18-15(13)5-1)16-6-7-17(20-19-16)21-9-11-22-12-10-21/h1-8H,9-12H2.